The summed E-state index contributed by atoms with van der Waals surface area (Å²) in [5.74, 6) is 0.623. The van der Waals surface area contributed by atoms with E-state index < -0.39 is 0 Å². The minimum atomic E-state index is -0.211. The van der Waals surface area contributed by atoms with Crippen molar-refractivity contribution >= 4 is 5.91 Å². The number of rotatable bonds is 3. The largest absolute Gasteiger partial charge is 0.337 e. The van der Waals surface area contributed by atoms with Crippen LogP contribution in [0.2, 0.25) is 0 Å². The molecule has 1 aromatic heterocycles. The van der Waals surface area contributed by atoms with Crippen LogP contribution in [0.4, 0.5) is 0 Å². The monoisotopic (exact) mass is 329 g/mol. The van der Waals surface area contributed by atoms with Crippen molar-refractivity contribution in [1.29, 1.82) is 0 Å². The lowest BCUT2D eigenvalue weighted by atomic mass is 9.94. The second kappa shape index (κ2) is 7.79. The Balaban J connectivity index is 1.60. The maximum absolute atomic E-state index is 12.7. The summed E-state index contributed by atoms with van der Waals surface area (Å²) in [6, 6.07) is 3.40. The van der Waals surface area contributed by atoms with Crippen LogP contribution in [-0.2, 0) is 7.05 Å². The molecule has 2 aliphatic rings. The van der Waals surface area contributed by atoms with E-state index in [1.54, 1.807) is 25.4 Å². The molecule has 5 nitrogen and oxygen atoms in total. The van der Waals surface area contributed by atoms with Crippen molar-refractivity contribution in [3.05, 3.63) is 46.4 Å². The fourth-order valence-electron chi connectivity index (χ4n) is 3.67. The molecule has 0 bridgehead atoms. The van der Waals surface area contributed by atoms with Crippen molar-refractivity contribution in [3.8, 4) is 0 Å². The van der Waals surface area contributed by atoms with Gasteiger partial charge in [0, 0.05) is 39.4 Å². The first-order valence-electron chi connectivity index (χ1n) is 8.97. The SMILES string of the molecule is Cn1cccc(C(=O)N2CCCN(CC3CC=CCC3)CC2)c1=O. The second-order valence-electron chi connectivity index (χ2n) is 6.93. The maximum atomic E-state index is 12.7. The van der Waals surface area contributed by atoms with Gasteiger partial charge in [0.25, 0.3) is 11.5 Å². The first kappa shape index (κ1) is 17.0. The van der Waals surface area contributed by atoms with E-state index in [0.717, 1.165) is 38.5 Å². The average molecular weight is 329 g/mol. The van der Waals surface area contributed by atoms with Crippen LogP contribution in [0.25, 0.3) is 0 Å². The number of hydrogen-bond donors (Lipinski definition) is 0. The van der Waals surface area contributed by atoms with E-state index in [1.165, 1.54) is 23.8 Å². The minimum Gasteiger partial charge on any atom is -0.337 e. The third kappa shape index (κ3) is 3.96. The number of nitrogens with zero attached hydrogens (tertiary/aromatic N) is 3. The van der Waals surface area contributed by atoms with Gasteiger partial charge in [0.2, 0.25) is 0 Å². The van der Waals surface area contributed by atoms with Crippen LogP contribution in [0.3, 0.4) is 0 Å². The quantitative estimate of drug-likeness (QED) is 0.796. The zero-order valence-corrected chi connectivity index (χ0v) is 14.5. The summed E-state index contributed by atoms with van der Waals surface area (Å²) in [5.41, 5.74) is 0.0727. The van der Waals surface area contributed by atoms with Crippen molar-refractivity contribution in [2.75, 3.05) is 32.7 Å². The molecule has 1 atom stereocenters. The van der Waals surface area contributed by atoms with E-state index in [2.05, 4.69) is 17.1 Å². The van der Waals surface area contributed by atoms with Gasteiger partial charge < -0.3 is 14.4 Å². The molecule has 1 amide bonds. The van der Waals surface area contributed by atoms with Crippen molar-refractivity contribution in [3.63, 3.8) is 0 Å². The molecule has 5 heteroatoms. The Hall–Kier alpha value is -1.88. The smallest absolute Gasteiger partial charge is 0.263 e. The van der Waals surface area contributed by atoms with E-state index in [4.69, 9.17) is 0 Å². The summed E-state index contributed by atoms with van der Waals surface area (Å²) >= 11 is 0. The van der Waals surface area contributed by atoms with Crippen LogP contribution in [0.1, 0.15) is 36.0 Å². The van der Waals surface area contributed by atoms with Crippen molar-refractivity contribution in [2.45, 2.75) is 25.7 Å². The lowest BCUT2D eigenvalue weighted by molar-refractivity contribution is 0.0758. The Kier molecular flexibility index (Phi) is 5.51. The van der Waals surface area contributed by atoms with Crippen LogP contribution in [-0.4, -0.2) is 53.0 Å². The van der Waals surface area contributed by atoms with Gasteiger partial charge in [0.05, 0.1) is 0 Å². The van der Waals surface area contributed by atoms with Gasteiger partial charge in [0.15, 0.2) is 0 Å². The highest BCUT2D eigenvalue weighted by Crippen LogP contribution is 2.20. The molecule has 130 valence electrons. The minimum absolute atomic E-state index is 0.126. The second-order valence-corrected chi connectivity index (χ2v) is 6.93. The van der Waals surface area contributed by atoms with Crippen LogP contribution >= 0.6 is 0 Å². The normalized spacial score (nSPS) is 22.4. The topological polar surface area (TPSA) is 45.6 Å². The zero-order chi connectivity index (χ0) is 16.9. The van der Waals surface area contributed by atoms with Crippen LogP contribution in [0.15, 0.2) is 35.3 Å². The first-order chi connectivity index (χ1) is 11.6. The maximum Gasteiger partial charge on any atom is 0.263 e. The molecule has 0 spiro atoms. The van der Waals surface area contributed by atoms with Crippen LogP contribution < -0.4 is 5.56 Å². The van der Waals surface area contributed by atoms with Gasteiger partial charge >= 0.3 is 0 Å². The van der Waals surface area contributed by atoms with Gasteiger partial charge in [-0.2, -0.15) is 0 Å². The number of pyridine rings is 1. The van der Waals surface area contributed by atoms with Crippen molar-refractivity contribution < 1.29 is 4.79 Å². The predicted octanol–water partition coefficient (Wildman–Crippen LogP) is 1.89. The molecule has 0 N–H and O–H groups in total. The van der Waals surface area contributed by atoms with Gasteiger partial charge in [-0.1, -0.05) is 12.2 Å². The zero-order valence-electron chi connectivity index (χ0n) is 14.5. The molecule has 0 saturated carbocycles. The predicted molar refractivity (Wildman–Crippen MR) is 95.1 cm³/mol. The molecular weight excluding hydrogens is 302 g/mol. The van der Waals surface area contributed by atoms with Crippen LogP contribution in [0.5, 0.6) is 0 Å². The lowest BCUT2D eigenvalue weighted by Gasteiger charge is -2.27. The van der Waals surface area contributed by atoms with Gasteiger partial charge in [-0.3, -0.25) is 9.59 Å². The molecule has 1 aromatic rings. The molecule has 3 rings (SSSR count). The van der Waals surface area contributed by atoms with E-state index in [9.17, 15) is 9.59 Å². The average Bonchev–Trinajstić information content (AvgIpc) is 2.83. The molecule has 1 aliphatic carbocycles. The number of allylic oxidation sites excluding steroid dienone is 2. The van der Waals surface area contributed by atoms with Gasteiger partial charge in [-0.15, -0.1) is 0 Å². The molecular formula is C19H27N3O2. The molecule has 1 saturated heterocycles. The van der Waals surface area contributed by atoms with E-state index >= 15 is 0 Å². The molecule has 1 fully saturated rings. The molecule has 1 aliphatic heterocycles. The van der Waals surface area contributed by atoms with E-state index in [-0.39, 0.29) is 17.0 Å². The molecule has 0 aromatic carbocycles. The lowest BCUT2D eigenvalue weighted by Crippen LogP contribution is -2.39. The molecule has 0 radical (unpaired) electrons. The summed E-state index contributed by atoms with van der Waals surface area (Å²) in [7, 11) is 1.68. The van der Waals surface area contributed by atoms with Crippen LogP contribution in [0, 0.1) is 5.92 Å². The van der Waals surface area contributed by atoms with Gasteiger partial charge in [0.1, 0.15) is 5.56 Å². The Labute approximate surface area is 143 Å². The van der Waals surface area contributed by atoms with E-state index in [0.29, 0.717) is 6.54 Å². The summed E-state index contributed by atoms with van der Waals surface area (Å²) in [4.78, 5) is 29.2. The highest BCUT2D eigenvalue weighted by atomic mass is 16.2. The Morgan fingerprint density at radius 1 is 1.21 bits per heavy atom. The van der Waals surface area contributed by atoms with Crippen molar-refractivity contribution in [1.82, 2.24) is 14.4 Å². The molecule has 2 heterocycles. The summed E-state index contributed by atoms with van der Waals surface area (Å²) in [6.45, 7) is 4.51. The highest BCUT2D eigenvalue weighted by molar-refractivity contribution is 5.93. The Morgan fingerprint density at radius 3 is 2.88 bits per heavy atom. The number of carbonyl (C=O) groups is 1. The molecule has 24 heavy (non-hydrogen) atoms. The standard InChI is InChI=1S/C19H27N3O2/c1-20-10-5-9-17(18(20)23)19(24)22-12-6-11-21(13-14-22)15-16-7-3-2-4-8-16/h2-3,5,9-10,16H,4,6-8,11-15H2,1H3. The molecule has 1 unspecified atom stereocenters. The summed E-state index contributed by atoms with van der Waals surface area (Å²) < 4.78 is 1.47. The fourth-order valence-corrected chi connectivity index (χ4v) is 3.67. The van der Waals surface area contributed by atoms with Gasteiger partial charge in [-0.05, 0) is 50.3 Å². The van der Waals surface area contributed by atoms with Crippen molar-refractivity contribution in [2.24, 2.45) is 13.0 Å². The number of aryl methyl sites for hydroxylation is 1. The first-order valence-corrected chi connectivity index (χ1v) is 8.97. The summed E-state index contributed by atoms with van der Waals surface area (Å²) in [6.07, 6.45) is 10.9. The Bertz CT molecular complexity index is 665. The third-order valence-corrected chi connectivity index (χ3v) is 5.12. The third-order valence-electron chi connectivity index (χ3n) is 5.12. The van der Waals surface area contributed by atoms with E-state index in [1.807, 2.05) is 4.90 Å². The number of aromatic nitrogens is 1. The Morgan fingerprint density at radius 2 is 2.08 bits per heavy atom. The highest BCUT2D eigenvalue weighted by Gasteiger charge is 2.23. The number of amides is 1. The summed E-state index contributed by atoms with van der Waals surface area (Å²) in [5, 5.41) is 0. The number of hydrogen-bond acceptors (Lipinski definition) is 3. The van der Waals surface area contributed by atoms with Gasteiger partial charge in [-0.25, -0.2) is 0 Å². The number of carbonyl (C=O) groups excluding carboxylic acids is 1. The fraction of sp³-hybridized carbons (Fsp3) is 0.579.